The van der Waals surface area contributed by atoms with Gasteiger partial charge in [0.25, 0.3) is 0 Å². The van der Waals surface area contributed by atoms with Gasteiger partial charge in [0.15, 0.2) is 0 Å². The minimum atomic E-state index is -1.36. The molecule has 21 heavy (non-hydrogen) atoms. The van der Waals surface area contributed by atoms with Crippen LogP contribution in [-0.2, 0) is 4.79 Å². The van der Waals surface area contributed by atoms with Crippen LogP contribution in [0.5, 0.6) is 0 Å². The number of halogens is 2. The van der Waals surface area contributed by atoms with Crippen molar-refractivity contribution < 1.29 is 18.7 Å². The lowest BCUT2D eigenvalue weighted by molar-refractivity contribution is -0.137. The highest BCUT2D eigenvalue weighted by atomic mass is 19.1. The Hall–Kier alpha value is -1.53. The van der Waals surface area contributed by atoms with Gasteiger partial charge < -0.3 is 15.7 Å². The number of rotatable bonds is 3. The maximum absolute atomic E-state index is 13.7. The number of aliphatic hydroxyl groups is 1. The molecule has 0 aromatic heterocycles. The monoisotopic (exact) mass is 298 g/mol. The van der Waals surface area contributed by atoms with Gasteiger partial charge in [-0.2, -0.15) is 0 Å². The van der Waals surface area contributed by atoms with E-state index < -0.39 is 34.7 Å². The number of likely N-dealkylation sites (tertiary alicyclic amines) is 1. The third-order valence-corrected chi connectivity index (χ3v) is 4.24. The first-order chi connectivity index (χ1) is 9.88. The molecule has 1 aromatic carbocycles. The summed E-state index contributed by atoms with van der Waals surface area (Å²) < 4.78 is 27.4. The molecule has 6 heteroatoms. The average Bonchev–Trinajstić information content (AvgIpc) is 2.47. The van der Waals surface area contributed by atoms with E-state index >= 15 is 0 Å². The Kier molecular flexibility index (Phi) is 4.58. The van der Waals surface area contributed by atoms with E-state index in [-0.39, 0.29) is 0 Å². The molecule has 116 valence electrons. The summed E-state index contributed by atoms with van der Waals surface area (Å²) in [4.78, 5) is 13.7. The van der Waals surface area contributed by atoms with Gasteiger partial charge in [0.05, 0.1) is 5.60 Å². The van der Waals surface area contributed by atoms with Crippen molar-refractivity contribution in [1.29, 1.82) is 0 Å². The fraction of sp³-hybridized carbons (Fsp3) is 0.533. The Morgan fingerprint density at radius 2 is 1.90 bits per heavy atom. The van der Waals surface area contributed by atoms with Crippen LogP contribution in [-0.4, -0.2) is 34.6 Å². The highest BCUT2D eigenvalue weighted by Gasteiger charge is 2.35. The largest absolute Gasteiger partial charge is 0.390 e. The zero-order valence-electron chi connectivity index (χ0n) is 12.0. The van der Waals surface area contributed by atoms with Gasteiger partial charge in [-0.3, -0.25) is 4.79 Å². The first-order valence-corrected chi connectivity index (χ1v) is 7.08. The quantitative estimate of drug-likeness (QED) is 0.893. The molecule has 1 atom stereocenters. The summed E-state index contributed by atoms with van der Waals surface area (Å²) in [5.74, 6) is -2.16. The third kappa shape index (κ3) is 3.22. The fourth-order valence-electron chi connectivity index (χ4n) is 2.62. The number of hydrogen-bond acceptors (Lipinski definition) is 3. The Balaban J connectivity index is 2.11. The number of amides is 1. The van der Waals surface area contributed by atoms with Crippen molar-refractivity contribution in [2.45, 2.75) is 37.8 Å². The predicted molar refractivity (Wildman–Crippen MR) is 74.3 cm³/mol. The van der Waals surface area contributed by atoms with Crippen LogP contribution in [0.25, 0.3) is 0 Å². The maximum Gasteiger partial charge on any atom is 0.244 e. The van der Waals surface area contributed by atoms with Crippen molar-refractivity contribution in [2.24, 2.45) is 5.73 Å². The molecule has 1 aromatic rings. The van der Waals surface area contributed by atoms with Crippen LogP contribution < -0.4 is 5.73 Å². The Morgan fingerprint density at radius 3 is 2.38 bits per heavy atom. The van der Waals surface area contributed by atoms with Crippen molar-refractivity contribution in [2.75, 3.05) is 13.1 Å². The Bertz CT molecular complexity index is 508. The topological polar surface area (TPSA) is 66.6 Å². The summed E-state index contributed by atoms with van der Waals surface area (Å²) in [6, 6.07) is 2.03. The predicted octanol–water partition coefficient (Wildman–Crippen LogP) is 1.73. The lowest BCUT2D eigenvalue weighted by Crippen LogP contribution is -2.49. The third-order valence-electron chi connectivity index (χ3n) is 4.24. The molecule has 0 radical (unpaired) electrons. The number of nitrogens with zero attached hydrogens (tertiary/aromatic N) is 1. The molecule has 1 unspecified atom stereocenters. The second-order valence-electron chi connectivity index (χ2n) is 5.52. The molecule has 0 aliphatic carbocycles. The molecule has 2 rings (SSSR count). The first kappa shape index (κ1) is 15.9. The number of hydrogen-bond donors (Lipinski definition) is 2. The molecule has 1 amide bonds. The molecule has 0 spiro atoms. The lowest BCUT2D eigenvalue weighted by atomic mass is 9.88. The molecule has 1 heterocycles. The maximum atomic E-state index is 13.7. The molecular weight excluding hydrogens is 278 g/mol. The number of piperidine rings is 1. The number of nitrogens with two attached hydrogens (primary N) is 1. The van der Waals surface area contributed by atoms with Gasteiger partial charge in [-0.1, -0.05) is 13.0 Å². The fourth-order valence-corrected chi connectivity index (χ4v) is 2.62. The number of carbonyl (C=O) groups excluding carboxylic acids is 1. The van der Waals surface area contributed by atoms with E-state index in [0.29, 0.717) is 32.4 Å². The van der Waals surface area contributed by atoms with E-state index in [1.807, 2.05) is 6.92 Å². The van der Waals surface area contributed by atoms with Crippen molar-refractivity contribution in [3.63, 3.8) is 0 Å². The average molecular weight is 298 g/mol. The summed E-state index contributed by atoms with van der Waals surface area (Å²) in [6.07, 6.45) is 1.51. The number of benzene rings is 1. The zero-order chi connectivity index (χ0) is 15.6. The molecule has 1 fully saturated rings. The molecule has 0 bridgehead atoms. The highest BCUT2D eigenvalue weighted by molar-refractivity contribution is 5.83. The van der Waals surface area contributed by atoms with Gasteiger partial charge in [-0.25, -0.2) is 8.78 Å². The molecule has 1 saturated heterocycles. The summed E-state index contributed by atoms with van der Waals surface area (Å²) in [5.41, 5.74) is 4.57. The van der Waals surface area contributed by atoms with Gasteiger partial charge >= 0.3 is 0 Å². The molecule has 1 aliphatic heterocycles. The van der Waals surface area contributed by atoms with E-state index in [0.717, 1.165) is 12.1 Å². The van der Waals surface area contributed by atoms with Crippen LogP contribution in [0.2, 0.25) is 0 Å². The van der Waals surface area contributed by atoms with Gasteiger partial charge in [0.2, 0.25) is 5.91 Å². The summed E-state index contributed by atoms with van der Waals surface area (Å²) in [7, 11) is 0. The smallest absolute Gasteiger partial charge is 0.244 e. The van der Waals surface area contributed by atoms with Crippen LogP contribution in [0.3, 0.4) is 0 Å². The summed E-state index contributed by atoms with van der Waals surface area (Å²) in [5, 5.41) is 10.1. The van der Waals surface area contributed by atoms with E-state index in [1.54, 1.807) is 0 Å². The molecule has 3 N–H and O–H groups in total. The highest BCUT2D eigenvalue weighted by Crippen LogP contribution is 2.27. The van der Waals surface area contributed by atoms with Crippen molar-refractivity contribution in [3.05, 3.63) is 35.4 Å². The molecule has 0 saturated carbocycles. The van der Waals surface area contributed by atoms with Crippen molar-refractivity contribution in [3.8, 4) is 0 Å². The Morgan fingerprint density at radius 1 is 1.38 bits per heavy atom. The van der Waals surface area contributed by atoms with E-state index in [2.05, 4.69) is 0 Å². The van der Waals surface area contributed by atoms with Gasteiger partial charge in [-0.15, -0.1) is 0 Å². The van der Waals surface area contributed by atoms with E-state index in [9.17, 15) is 18.7 Å². The van der Waals surface area contributed by atoms with Gasteiger partial charge in [0, 0.05) is 18.7 Å². The van der Waals surface area contributed by atoms with Crippen LogP contribution in [0, 0.1) is 11.6 Å². The SMILES string of the molecule is CCC1(O)CCN(C(=O)C(N)c2c(F)cccc2F)CC1. The standard InChI is InChI=1S/C15H20F2N2O2/c1-2-15(21)6-8-19(9-7-15)14(20)13(18)12-10(16)4-3-5-11(12)17/h3-5,13,21H,2,6-9,18H2,1H3. The number of carbonyl (C=O) groups is 1. The van der Waals surface area contributed by atoms with E-state index in [1.165, 1.54) is 11.0 Å². The summed E-state index contributed by atoms with van der Waals surface area (Å²) in [6.45, 7) is 2.57. The molecule has 1 aliphatic rings. The minimum Gasteiger partial charge on any atom is -0.390 e. The summed E-state index contributed by atoms with van der Waals surface area (Å²) >= 11 is 0. The van der Waals surface area contributed by atoms with Gasteiger partial charge in [0.1, 0.15) is 17.7 Å². The normalized spacial score (nSPS) is 19.4. The van der Waals surface area contributed by atoms with Crippen LogP contribution in [0.4, 0.5) is 8.78 Å². The zero-order valence-corrected chi connectivity index (χ0v) is 12.0. The second kappa shape index (κ2) is 6.07. The van der Waals surface area contributed by atoms with Gasteiger partial charge in [-0.05, 0) is 31.4 Å². The van der Waals surface area contributed by atoms with Crippen molar-refractivity contribution >= 4 is 5.91 Å². The first-order valence-electron chi connectivity index (χ1n) is 7.08. The Labute approximate surface area is 122 Å². The van der Waals surface area contributed by atoms with Crippen molar-refractivity contribution in [1.82, 2.24) is 4.90 Å². The van der Waals surface area contributed by atoms with Crippen LogP contribution in [0.15, 0.2) is 18.2 Å². The van der Waals surface area contributed by atoms with E-state index in [4.69, 9.17) is 5.73 Å². The van der Waals surface area contributed by atoms with Crippen LogP contribution in [0.1, 0.15) is 37.8 Å². The molecule has 4 nitrogen and oxygen atoms in total. The molecular formula is C15H20F2N2O2. The second-order valence-corrected chi connectivity index (χ2v) is 5.52. The van der Waals surface area contributed by atoms with Crippen LogP contribution >= 0.6 is 0 Å². The lowest BCUT2D eigenvalue weighted by Gasteiger charge is -2.38. The minimum absolute atomic E-state index is 0.340.